The summed E-state index contributed by atoms with van der Waals surface area (Å²) in [6.07, 6.45) is 1.03. The first-order valence-corrected chi connectivity index (χ1v) is 7.07. The zero-order valence-electron chi connectivity index (χ0n) is 12.3. The van der Waals surface area contributed by atoms with Crippen molar-refractivity contribution in [2.75, 3.05) is 0 Å². The van der Waals surface area contributed by atoms with Crippen molar-refractivity contribution < 1.29 is 4.79 Å². The van der Waals surface area contributed by atoms with Crippen molar-refractivity contribution in [3.05, 3.63) is 70.8 Å². The second-order valence-electron chi connectivity index (χ2n) is 5.11. The van der Waals surface area contributed by atoms with Crippen LogP contribution in [0.3, 0.4) is 0 Å². The summed E-state index contributed by atoms with van der Waals surface area (Å²) in [4.78, 5) is 12.3. The van der Waals surface area contributed by atoms with Crippen LogP contribution in [0.2, 0.25) is 0 Å². The number of hydrogen-bond donors (Lipinski definition) is 1. The van der Waals surface area contributed by atoms with E-state index in [0.29, 0.717) is 0 Å². The lowest BCUT2D eigenvalue weighted by atomic mass is 10.0. The third-order valence-corrected chi connectivity index (χ3v) is 3.63. The molecule has 0 aliphatic heterocycles. The third-order valence-electron chi connectivity index (χ3n) is 3.63. The maximum Gasteiger partial charge on any atom is 0.252 e. The first-order valence-electron chi connectivity index (χ1n) is 7.07. The molecule has 0 spiro atoms. The van der Waals surface area contributed by atoms with Crippen LogP contribution in [0.15, 0.2) is 48.5 Å². The fourth-order valence-electron chi connectivity index (χ4n) is 2.23. The molecule has 0 aromatic heterocycles. The van der Waals surface area contributed by atoms with Crippen LogP contribution >= 0.6 is 0 Å². The van der Waals surface area contributed by atoms with Crippen molar-refractivity contribution >= 4 is 5.91 Å². The highest BCUT2D eigenvalue weighted by Gasteiger charge is 2.12. The molecule has 2 heteroatoms. The molecule has 1 atom stereocenters. The summed E-state index contributed by atoms with van der Waals surface area (Å²) in [5.41, 5.74) is 4.18. The highest BCUT2D eigenvalue weighted by molar-refractivity contribution is 5.95. The molecular formula is C18H21NO. The fraction of sp³-hybridized carbons (Fsp3) is 0.278. The molecule has 0 fully saturated rings. The normalized spacial score (nSPS) is 11.9. The van der Waals surface area contributed by atoms with E-state index < -0.39 is 0 Å². The molecule has 1 amide bonds. The molecule has 2 nitrogen and oxygen atoms in total. The summed E-state index contributed by atoms with van der Waals surface area (Å²) in [7, 11) is 0. The smallest absolute Gasteiger partial charge is 0.252 e. The SMILES string of the molecule is CCc1ccc([C@@H](C)NC(=O)c2ccccc2C)cc1. The van der Waals surface area contributed by atoms with E-state index in [1.165, 1.54) is 5.56 Å². The Morgan fingerprint density at radius 2 is 1.75 bits per heavy atom. The third kappa shape index (κ3) is 3.27. The molecule has 0 radical (unpaired) electrons. The number of amides is 1. The molecular weight excluding hydrogens is 246 g/mol. The molecule has 2 aromatic rings. The van der Waals surface area contributed by atoms with Crippen LogP contribution in [0, 0.1) is 6.92 Å². The Labute approximate surface area is 120 Å². The van der Waals surface area contributed by atoms with Crippen LogP contribution in [0.1, 0.15) is 46.9 Å². The average Bonchev–Trinajstić information content (AvgIpc) is 2.47. The number of carbonyl (C=O) groups excluding carboxylic acids is 1. The Kier molecular flexibility index (Phi) is 4.57. The van der Waals surface area contributed by atoms with Crippen molar-refractivity contribution in [3.8, 4) is 0 Å². The van der Waals surface area contributed by atoms with Gasteiger partial charge in [-0.3, -0.25) is 4.79 Å². The van der Waals surface area contributed by atoms with Crippen molar-refractivity contribution in [2.45, 2.75) is 33.2 Å². The van der Waals surface area contributed by atoms with Crippen LogP contribution in [0.5, 0.6) is 0 Å². The van der Waals surface area contributed by atoms with Gasteiger partial charge in [0, 0.05) is 5.56 Å². The molecule has 20 heavy (non-hydrogen) atoms. The summed E-state index contributed by atoms with van der Waals surface area (Å²) in [5.74, 6) is -0.0184. The van der Waals surface area contributed by atoms with Gasteiger partial charge in [0.15, 0.2) is 0 Å². The molecule has 0 saturated carbocycles. The average molecular weight is 267 g/mol. The number of nitrogens with one attached hydrogen (secondary N) is 1. The lowest BCUT2D eigenvalue weighted by Gasteiger charge is -2.15. The Morgan fingerprint density at radius 3 is 2.35 bits per heavy atom. The summed E-state index contributed by atoms with van der Waals surface area (Å²) < 4.78 is 0. The summed E-state index contributed by atoms with van der Waals surface area (Å²) in [6, 6.07) is 16.1. The van der Waals surface area contributed by atoms with Crippen LogP contribution in [-0.4, -0.2) is 5.91 Å². The zero-order chi connectivity index (χ0) is 14.5. The first kappa shape index (κ1) is 14.3. The number of aryl methyl sites for hydroxylation is 2. The molecule has 0 unspecified atom stereocenters. The number of rotatable bonds is 4. The van der Waals surface area contributed by atoms with E-state index in [2.05, 4.69) is 36.5 Å². The zero-order valence-corrected chi connectivity index (χ0v) is 12.3. The topological polar surface area (TPSA) is 29.1 Å². The summed E-state index contributed by atoms with van der Waals surface area (Å²) >= 11 is 0. The minimum absolute atomic E-state index is 0.00742. The molecule has 2 aromatic carbocycles. The van der Waals surface area contributed by atoms with Gasteiger partial charge in [0.2, 0.25) is 0 Å². The second kappa shape index (κ2) is 6.38. The van der Waals surface area contributed by atoms with Gasteiger partial charge in [-0.1, -0.05) is 49.4 Å². The van der Waals surface area contributed by atoms with E-state index in [1.54, 1.807) is 0 Å². The van der Waals surface area contributed by atoms with Crippen molar-refractivity contribution in [3.63, 3.8) is 0 Å². The van der Waals surface area contributed by atoms with E-state index in [4.69, 9.17) is 0 Å². The Balaban J connectivity index is 2.09. The van der Waals surface area contributed by atoms with E-state index in [-0.39, 0.29) is 11.9 Å². The van der Waals surface area contributed by atoms with Gasteiger partial charge in [-0.2, -0.15) is 0 Å². The Bertz CT molecular complexity index is 587. The van der Waals surface area contributed by atoms with Crippen molar-refractivity contribution in [1.29, 1.82) is 0 Å². The number of hydrogen-bond acceptors (Lipinski definition) is 1. The lowest BCUT2D eigenvalue weighted by Crippen LogP contribution is -2.27. The fourth-order valence-corrected chi connectivity index (χ4v) is 2.23. The molecule has 0 saturated heterocycles. The number of carbonyl (C=O) groups is 1. The monoisotopic (exact) mass is 267 g/mol. The predicted octanol–water partition coefficient (Wildman–Crippen LogP) is 4.05. The van der Waals surface area contributed by atoms with Gasteiger partial charge < -0.3 is 5.32 Å². The van der Waals surface area contributed by atoms with Gasteiger partial charge in [-0.05, 0) is 43.0 Å². The Morgan fingerprint density at radius 1 is 1.10 bits per heavy atom. The van der Waals surface area contributed by atoms with Crippen LogP contribution < -0.4 is 5.32 Å². The highest BCUT2D eigenvalue weighted by atomic mass is 16.1. The van der Waals surface area contributed by atoms with Gasteiger partial charge in [0.1, 0.15) is 0 Å². The molecule has 104 valence electrons. The molecule has 0 aliphatic carbocycles. The minimum atomic E-state index is -0.0184. The Hall–Kier alpha value is -2.09. The largest absolute Gasteiger partial charge is 0.346 e. The van der Waals surface area contributed by atoms with Gasteiger partial charge in [0.05, 0.1) is 6.04 Å². The molecule has 2 rings (SSSR count). The maximum atomic E-state index is 12.3. The van der Waals surface area contributed by atoms with E-state index in [9.17, 15) is 4.79 Å². The van der Waals surface area contributed by atoms with Gasteiger partial charge in [0.25, 0.3) is 5.91 Å². The van der Waals surface area contributed by atoms with E-state index >= 15 is 0 Å². The van der Waals surface area contributed by atoms with Crippen molar-refractivity contribution in [1.82, 2.24) is 5.32 Å². The minimum Gasteiger partial charge on any atom is -0.346 e. The number of benzene rings is 2. The van der Waals surface area contributed by atoms with E-state index in [0.717, 1.165) is 23.1 Å². The maximum absolute atomic E-state index is 12.3. The predicted molar refractivity (Wildman–Crippen MR) is 82.9 cm³/mol. The van der Waals surface area contributed by atoms with Gasteiger partial charge >= 0.3 is 0 Å². The van der Waals surface area contributed by atoms with Gasteiger partial charge in [-0.15, -0.1) is 0 Å². The molecule has 0 aliphatic rings. The summed E-state index contributed by atoms with van der Waals surface area (Å²) in [5, 5.41) is 3.05. The highest BCUT2D eigenvalue weighted by Crippen LogP contribution is 2.15. The molecule has 1 N–H and O–H groups in total. The van der Waals surface area contributed by atoms with Gasteiger partial charge in [-0.25, -0.2) is 0 Å². The van der Waals surface area contributed by atoms with Crippen LogP contribution in [0.25, 0.3) is 0 Å². The molecule has 0 bridgehead atoms. The standard InChI is InChI=1S/C18H21NO/c1-4-15-9-11-16(12-10-15)14(3)19-18(20)17-8-6-5-7-13(17)2/h5-12,14H,4H2,1-3H3,(H,19,20)/t14-/m1/s1. The lowest BCUT2D eigenvalue weighted by molar-refractivity contribution is 0.0939. The second-order valence-corrected chi connectivity index (χ2v) is 5.11. The van der Waals surface area contributed by atoms with Crippen LogP contribution in [0.4, 0.5) is 0 Å². The van der Waals surface area contributed by atoms with Crippen LogP contribution in [-0.2, 0) is 6.42 Å². The quantitative estimate of drug-likeness (QED) is 0.889. The van der Waals surface area contributed by atoms with E-state index in [1.807, 2.05) is 38.1 Å². The summed E-state index contributed by atoms with van der Waals surface area (Å²) in [6.45, 7) is 6.10. The molecule has 0 heterocycles. The van der Waals surface area contributed by atoms with Crippen molar-refractivity contribution in [2.24, 2.45) is 0 Å². The first-order chi connectivity index (χ1) is 9.61.